The quantitative estimate of drug-likeness (QED) is 0.604. The molecule has 0 saturated carbocycles. The standard InChI is InChI=1S/C11H11N5O/c1-7(10(12)17)15-16-11-8-4-2-3-5-9(8)13-6-14-11/h2-6H,1H3,(H2,12,17)(H,13,14,16)/b15-7-. The Balaban J connectivity index is 2.37. The first kappa shape index (κ1) is 11.0. The van der Waals surface area contributed by atoms with E-state index in [-0.39, 0.29) is 5.71 Å². The van der Waals surface area contributed by atoms with Crippen molar-refractivity contribution in [3.05, 3.63) is 30.6 Å². The number of amides is 1. The van der Waals surface area contributed by atoms with Crippen molar-refractivity contribution in [3.8, 4) is 0 Å². The van der Waals surface area contributed by atoms with Crippen molar-refractivity contribution in [2.24, 2.45) is 10.8 Å². The third kappa shape index (κ3) is 2.36. The third-order valence-corrected chi connectivity index (χ3v) is 2.23. The van der Waals surface area contributed by atoms with Gasteiger partial charge in [-0.25, -0.2) is 9.97 Å². The Labute approximate surface area is 97.6 Å². The van der Waals surface area contributed by atoms with Gasteiger partial charge in [0.25, 0.3) is 5.91 Å². The van der Waals surface area contributed by atoms with Gasteiger partial charge in [0, 0.05) is 5.39 Å². The zero-order chi connectivity index (χ0) is 12.3. The topological polar surface area (TPSA) is 93.3 Å². The molecule has 0 radical (unpaired) electrons. The summed E-state index contributed by atoms with van der Waals surface area (Å²) in [6.45, 7) is 1.53. The molecular weight excluding hydrogens is 218 g/mol. The van der Waals surface area contributed by atoms with Gasteiger partial charge in [-0.3, -0.25) is 10.2 Å². The van der Waals surface area contributed by atoms with Crippen LogP contribution >= 0.6 is 0 Å². The van der Waals surface area contributed by atoms with Crippen molar-refractivity contribution in [1.82, 2.24) is 9.97 Å². The number of hydrogen-bond acceptors (Lipinski definition) is 5. The highest BCUT2D eigenvalue weighted by Crippen LogP contribution is 2.17. The molecule has 1 aromatic carbocycles. The van der Waals surface area contributed by atoms with E-state index < -0.39 is 5.91 Å². The molecule has 0 bridgehead atoms. The molecule has 17 heavy (non-hydrogen) atoms. The van der Waals surface area contributed by atoms with E-state index in [1.807, 2.05) is 24.3 Å². The number of rotatable bonds is 3. The Hall–Kier alpha value is -2.50. The van der Waals surface area contributed by atoms with Crippen molar-refractivity contribution in [3.63, 3.8) is 0 Å². The second-order valence-electron chi connectivity index (χ2n) is 3.41. The molecule has 1 aromatic heterocycles. The van der Waals surface area contributed by atoms with Gasteiger partial charge in [-0.2, -0.15) is 5.10 Å². The number of primary amides is 1. The van der Waals surface area contributed by atoms with Crippen LogP contribution in [0.4, 0.5) is 5.82 Å². The number of nitrogens with two attached hydrogens (primary N) is 1. The lowest BCUT2D eigenvalue weighted by molar-refractivity contribution is -0.112. The molecule has 2 rings (SSSR count). The minimum Gasteiger partial charge on any atom is -0.365 e. The Morgan fingerprint density at radius 3 is 2.88 bits per heavy atom. The lowest BCUT2D eigenvalue weighted by atomic mass is 10.2. The Kier molecular flexibility index (Phi) is 2.95. The van der Waals surface area contributed by atoms with Crippen LogP contribution in [-0.2, 0) is 4.79 Å². The fraction of sp³-hybridized carbons (Fsp3) is 0.0909. The number of hydrazone groups is 1. The number of anilines is 1. The highest BCUT2D eigenvalue weighted by molar-refractivity contribution is 6.37. The van der Waals surface area contributed by atoms with Crippen LogP contribution in [0.15, 0.2) is 35.7 Å². The summed E-state index contributed by atoms with van der Waals surface area (Å²) in [6.07, 6.45) is 1.43. The van der Waals surface area contributed by atoms with E-state index in [2.05, 4.69) is 20.5 Å². The van der Waals surface area contributed by atoms with Gasteiger partial charge in [0.05, 0.1) is 5.52 Å². The molecule has 6 heteroatoms. The van der Waals surface area contributed by atoms with Crippen molar-refractivity contribution in [1.29, 1.82) is 0 Å². The second kappa shape index (κ2) is 4.56. The van der Waals surface area contributed by atoms with Crippen LogP contribution in [-0.4, -0.2) is 21.6 Å². The Bertz CT molecular complexity index is 588. The number of hydrogen-bond donors (Lipinski definition) is 2. The highest BCUT2D eigenvalue weighted by atomic mass is 16.1. The molecule has 0 aliphatic heterocycles. The molecular formula is C11H11N5O. The summed E-state index contributed by atoms with van der Waals surface area (Å²) in [6, 6.07) is 7.50. The first-order chi connectivity index (χ1) is 8.18. The van der Waals surface area contributed by atoms with Crippen LogP contribution in [0, 0.1) is 0 Å². The molecule has 1 amide bonds. The Morgan fingerprint density at radius 2 is 2.12 bits per heavy atom. The minimum atomic E-state index is -0.573. The van der Waals surface area contributed by atoms with E-state index in [0.717, 1.165) is 10.9 Å². The van der Waals surface area contributed by atoms with Crippen molar-refractivity contribution in [2.75, 3.05) is 5.43 Å². The lowest BCUT2D eigenvalue weighted by Crippen LogP contribution is -2.21. The maximum atomic E-state index is 10.8. The number of aromatic nitrogens is 2. The lowest BCUT2D eigenvalue weighted by Gasteiger charge is -2.03. The van der Waals surface area contributed by atoms with Crippen LogP contribution in [0.2, 0.25) is 0 Å². The van der Waals surface area contributed by atoms with E-state index in [1.165, 1.54) is 13.3 Å². The van der Waals surface area contributed by atoms with Gasteiger partial charge in [0.1, 0.15) is 12.0 Å². The van der Waals surface area contributed by atoms with Gasteiger partial charge in [-0.1, -0.05) is 12.1 Å². The third-order valence-electron chi connectivity index (χ3n) is 2.23. The summed E-state index contributed by atoms with van der Waals surface area (Å²) in [5, 5.41) is 4.68. The molecule has 0 aliphatic carbocycles. The highest BCUT2D eigenvalue weighted by Gasteiger charge is 2.03. The average Bonchev–Trinajstić information content (AvgIpc) is 2.35. The van der Waals surface area contributed by atoms with Gasteiger partial charge >= 0.3 is 0 Å². The van der Waals surface area contributed by atoms with Crippen molar-refractivity contribution in [2.45, 2.75) is 6.92 Å². The van der Waals surface area contributed by atoms with Gasteiger partial charge < -0.3 is 5.73 Å². The van der Waals surface area contributed by atoms with Gasteiger partial charge in [0.15, 0.2) is 5.82 Å². The predicted molar refractivity (Wildman–Crippen MR) is 65.5 cm³/mol. The smallest absolute Gasteiger partial charge is 0.264 e. The van der Waals surface area contributed by atoms with E-state index in [1.54, 1.807) is 0 Å². The summed E-state index contributed by atoms with van der Waals surface area (Å²) in [4.78, 5) is 19.0. The summed E-state index contributed by atoms with van der Waals surface area (Å²) in [5.74, 6) is -0.0351. The fourth-order valence-electron chi connectivity index (χ4n) is 1.29. The van der Waals surface area contributed by atoms with E-state index in [0.29, 0.717) is 5.82 Å². The van der Waals surface area contributed by atoms with Gasteiger partial charge in [-0.15, -0.1) is 0 Å². The number of nitrogens with one attached hydrogen (secondary N) is 1. The van der Waals surface area contributed by atoms with Gasteiger partial charge in [0.2, 0.25) is 0 Å². The summed E-state index contributed by atoms with van der Waals surface area (Å²) in [7, 11) is 0. The summed E-state index contributed by atoms with van der Waals surface area (Å²) >= 11 is 0. The van der Waals surface area contributed by atoms with Crippen LogP contribution in [0.5, 0.6) is 0 Å². The summed E-state index contributed by atoms with van der Waals surface area (Å²) in [5.41, 5.74) is 8.77. The summed E-state index contributed by atoms with van der Waals surface area (Å²) < 4.78 is 0. The van der Waals surface area contributed by atoms with Crippen LogP contribution < -0.4 is 11.2 Å². The molecule has 0 spiro atoms. The number of benzene rings is 1. The monoisotopic (exact) mass is 229 g/mol. The van der Waals surface area contributed by atoms with E-state index in [4.69, 9.17) is 5.73 Å². The van der Waals surface area contributed by atoms with Crippen molar-refractivity contribution >= 4 is 28.3 Å². The molecule has 0 saturated heterocycles. The van der Waals surface area contributed by atoms with Crippen molar-refractivity contribution < 1.29 is 4.79 Å². The van der Waals surface area contributed by atoms with Crippen LogP contribution in [0.3, 0.4) is 0 Å². The average molecular weight is 229 g/mol. The maximum Gasteiger partial charge on any atom is 0.264 e. The number of fused-ring (bicyclic) bond motifs is 1. The Morgan fingerprint density at radius 1 is 1.35 bits per heavy atom. The maximum absolute atomic E-state index is 10.8. The largest absolute Gasteiger partial charge is 0.365 e. The molecule has 6 nitrogen and oxygen atoms in total. The number of carbonyl (C=O) groups is 1. The van der Waals surface area contributed by atoms with Gasteiger partial charge in [-0.05, 0) is 19.1 Å². The number of carbonyl (C=O) groups excluding carboxylic acids is 1. The number of para-hydroxylation sites is 1. The molecule has 86 valence electrons. The number of nitrogens with zero attached hydrogens (tertiary/aromatic N) is 3. The van der Waals surface area contributed by atoms with E-state index in [9.17, 15) is 4.79 Å². The molecule has 1 heterocycles. The normalized spacial score (nSPS) is 11.5. The second-order valence-corrected chi connectivity index (χ2v) is 3.41. The first-order valence-electron chi connectivity index (χ1n) is 4.98. The SMILES string of the molecule is C/C(=N/Nc1ncnc2ccccc12)C(N)=O. The predicted octanol–water partition coefficient (Wildman–Crippen LogP) is 0.903. The van der Waals surface area contributed by atoms with Crippen LogP contribution in [0.1, 0.15) is 6.92 Å². The zero-order valence-electron chi connectivity index (χ0n) is 9.21. The first-order valence-corrected chi connectivity index (χ1v) is 4.98. The molecule has 0 aliphatic rings. The molecule has 0 atom stereocenters. The van der Waals surface area contributed by atoms with E-state index >= 15 is 0 Å². The molecule has 0 fully saturated rings. The zero-order valence-corrected chi connectivity index (χ0v) is 9.21. The molecule has 3 N–H and O–H groups in total. The molecule has 0 unspecified atom stereocenters. The van der Waals surface area contributed by atoms with Crippen LogP contribution in [0.25, 0.3) is 10.9 Å². The minimum absolute atomic E-state index is 0.188. The fourth-order valence-corrected chi connectivity index (χ4v) is 1.29. The molecule has 2 aromatic rings.